The number of anilines is 1. The van der Waals surface area contributed by atoms with Gasteiger partial charge in [0.1, 0.15) is 17.2 Å². The Balaban J connectivity index is 1.26. The molecular weight excluding hydrogens is 790 g/mol. The summed E-state index contributed by atoms with van der Waals surface area (Å²) in [6.45, 7) is 12.2. The SMILES string of the molecule is C=C[C@H](N[S@@](=O)C(C)(C)C)[C@@H]1CC[C@H]1CN1C[C@@]2(CCCc3cc(Cl)ccc32)COc2ccc(S(=O)(=O)N(Cc3ccc(OC)cc3)Cc3ccc(OC)cc3)cc21. The van der Waals surface area contributed by atoms with Crippen LogP contribution in [-0.2, 0) is 45.9 Å². The number of aryl methyl sites for hydroxylation is 1. The summed E-state index contributed by atoms with van der Waals surface area (Å²) in [4.78, 5) is 2.57. The van der Waals surface area contributed by atoms with Crippen molar-refractivity contribution in [3.63, 3.8) is 0 Å². The first-order valence-electron chi connectivity index (χ1n) is 20.1. The summed E-state index contributed by atoms with van der Waals surface area (Å²) in [5.74, 6) is 2.54. The molecule has 310 valence electrons. The third-order valence-corrected chi connectivity index (χ3v) is 15.7. The number of rotatable bonds is 14. The summed E-state index contributed by atoms with van der Waals surface area (Å²) in [7, 11) is -2.07. The van der Waals surface area contributed by atoms with Crippen LogP contribution in [0.5, 0.6) is 17.2 Å². The van der Waals surface area contributed by atoms with Crippen molar-refractivity contribution in [2.24, 2.45) is 11.8 Å². The molecule has 2 aliphatic carbocycles. The third-order valence-electron chi connectivity index (χ3n) is 12.1. The number of hydrogen-bond donors (Lipinski definition) is 1. The van der Waals surface area contributed by atoms with E-state index in [9.17, 15) is 12.6 Å². The predicted molar refractivity (Wildman–Crippen MR) is 234 cm³/mol. The van der Waals surface area contributed by atoms with Gasteiger partial charge in [0.2, 0.25) is 10.0 Å². The second kappa shape index (κ2) is 17.4. The lowest BCUT2D eigenvalue weighted by atomic mass is 9.68. The highest BCUT2D eigenvalue weighted by atomic mass is 35.5. The average Bonchev–Trinajstić information content (AvgIpc) is 3.35. The van der Waals surface area contributed by atoms with E-state index >= 15 is 0 Å². The molecule has 1 saturated carbocycles. The van der Waals surface area contributed by atoms with Crippen LogP contribution in [0.2, 0.25) is 5.02 Å². The van der Waals surface area contributed by atoms with Gasteiger partial charge in [0.05, 0.1) is 47.1 Å². The molecule has 4 aromatic rings. The number of sulfonamides is 1. The van der Waals surface area contributed by atoms with Crippen LogP contribution < -0.4 is 23.8 Å². The fraction of sp³-hybridized carbons (Fsp3) is 0.435. The minimum atomic E-state index is -4.04. The molecule has 0 saturated heterocycles. The zero-order chi connectivity index (χ0) is 41.2. The second-order valence-electron chi connectivity index (χ2n) is 17.0. The Morgan fingerprint density at radius 1 is 0.983 bits per heavy atom. The fourth-order valence-electron chi connectivity index (χ4n) is 8.69. The monoisotopic (exact) mass is 845 g/mol. The first kappa shape index (κ1) is 42.3. The van der Waals surface area contributed by atoms with Gasteiger partial charge in [-0.25, -0.2) is 17.3 Å². The molecule has 0 bridgehead atoms. The molecule has 9 nitrogen and oxygen atoms in total. The lowest BCUT2D eigenvalue weighted by Gasteiger charge is -2.46. The van der Waals surface area contributed by atoms with Gasteiger partial charge in [-0.1, -0.05) is 48.0 Å². The maximum absolute atomic E-state index is 15.0. The third kappa shape index (κ3) is 8.99. The smallest absolute Gasteiger partial charge is 0.243 e. The van der Waals surface area contributed by atoms with Crippen molar-refractivity contribution in [2.45, 2.75) is 87.1 Å². The second-order valence-corrected chi connectivity index (χ2v) is 21.3. The normalized spacial score (nSPS) is 21.5. The molecule has 3 aliphatic rings. The molecule has 58 heavy (non-hydrogen) atoms. The first-order chi connectivity index (χ1) is 27.7. The van der Waals surface area contributed by atoms with Crippen LogP contribution in [-0.4, -0.2) is 61.6 Å². The van der Waals surface area contributed by atoms with E-state index in [0.29, 0.717) is 36.9 Å². The first-order valence-corrected chi connectivity index (χ1v) is 23.1. The molecule has 0 unspecified atom stereocenters. The lowest BCUT2D eigenvalue weighted by molar-refractivity contribution is 0.153. The largest absolute Gasteiger partial charge is 0.497 e. The van der Waals surface area contributed by atoms with E-state index in [4.69, 9.17) is 25.8 Å². The van der Waals surface area contributed by atoms with E-state index in [1.54, 1.807) is 20.3 Å². The van der Waals surface area contributed by atoms with Crippen molar-refractivity contribution in [2.75, 3.05) is 38.8 Å². The van der Waals surface area contributed by atoms with Crippen molar-refractivity contribution < 1.29 is 26.8 Å². The minimum Gasteiger partial charge on any atom is -0.497 e. The number of nitrogens with one attached hydrogen (secondary N) is 1. The number of halogens is 1. The maximum atomic E-state index is 15.0. The van der Waals surface area contributed by atoms with E-state index in [0.717, 1.165) is 53.9 Å². The number of methoxy groups -OCH3 is 2. The molecule has 12 heteroatoms. The minimum absolute atomic E-state index is 0.121. The van der Waals surface area contributed by atoms with Gasteiger partial charge in [0.15, 0.2) is 0 Å². The summed E-state index contributed by atoms with van der Waals surface area (Å²) in [6, 6.07) is 26.4. The summed E-state index contributed by atoms with van der Waals surface area (Å²) >= 11 is 6.52. The predicted octanol–water partition coefficient (Wildman–Crippen LogP) is 8.85. The topological polar surface area (TPSA) is 97.4 Å². The molecule has 7 rings (SSSR count). The molecule has 5 atom stereocenters. The van der Waals surface area contributed by atoms with Crippen molar-refractivity contribution >= 4 is 38.3 Å². The number of benzene rings is 4. The number of ether oxygens (including phenoxy) is 3. The van der Waals surface area contributed by atoms with Crippen molar-refractivity contribution in [3.8, 4) is 17.2 Å². The lowest BCUT2D eigenvalue weighted by Crippen LogP contribution is -2.52. The molecule has 1 fully saturated rings. The Labute approximate surface area is 352 Å². The highest BCUT2D eigenvalue weighted by molar-refractivity contribution is 7.89. The van der Waals surface area contributed by atoms with Crippen LogP contribution >= 0.6 is 11.6 Å². The van der Waals surface area contributed by atoms with Gasteiger partial charge in [-0.3, -0.25) is 0 Å². The van der Waals surface area contributed by atoms with E-state index in [1.807, 2.05) is 93.6 Å². The van der Waals surface area contributed by atoms with E-state index < -0.39 is 25.8 Å². The standard InChI is InChI=1S/C46H56ClN3O6S2/c1-7-42(48-57(51)45(2,3)4)40-21-14-35(40)29-49-30-46(24-8-9-34-25-36(47)15-22-41(34)46)31-56-44-23-20-39(26-43(44)49)58(52,53)50(27-32-10-16-37(54-5)17-11-32)28-33-12-18-38(55-6)19-13-33/h7,10-13,15-20,22-23,25-26,35,40,42,48H,1,8-9,14,21,24,27-31H2,2-6H3/t35-,40+,42-,46-,57-/m0/s1. The van der Waals surface area contributed by atoms with Crippen molar-refractivity contribution in [1.82, 2.24) is 9.03 Å². The molecule has 0 aromatic heterocycles. The molecule has 1 aliphatic heterocycles. The molecule has 1 heterocycles. The van der Waals surface area contributed by atoms with Crippen LogP contribution in [0, 0.1) is 11.8 Å². The van der Waals surface area contributed by atoms with Crippen molar-refractivity contribution in [1.29, 1.82) is 0 Å². The van der Waals surface area contributed by atoms with Crippen LogP contribution in [0.1, 0.15) is 68.7 Å². The van der Waals surface area contributed by atoms with E-state index in [1.165, 1.54) is 15.4 Å². The zero-order valence-electron chi connectivity index (χ0n) is 34.2. The van der Waals surface area contributed by atoms with Gasteiger partial charge in [-0.05, 0) is 142 Å². The number of nitrogens with zero attached hydrogens (tertiary/aromatic N) is 2. The van der Waals surface area contributed by atoms with Gasteiger partial charge in [-0.2, -0.15) is 4.31 Å². The Hall–Kier alpha value is -3.87. The number of fused-ring (bicyclic) bond motifs is 3. The quantitative estimate of drug-likeness (QED) is 0.127. The van der Waals surface area contributed by atoms with Gasteiger partial charge < -0.3 is 19.1 Å². The summed E-state index contributed by atoms with van der Waals surface area (Å²) in [5, 5.41) is 0.724. The molecule has 0 amide bonds. The summed E-state index contributed by atoms with van der Waals surface area (Å²) in [6.07, 6.45) is 6.77. The van der Waals surface area contributed by atoms with Gasteiger partial charge in [-0.15, -0.1) is 6.58 Å². The molecule has 0 radical (unpaired) electrons. The van der Waals surface area contributed by atoms with E-state index in [2.05, 4.69) is 28.3 Å². The van der Waals surface area contributed by atoms with Crippen molar-refractivity contribution in [3.05, 3.63) is 125 Å². The Kier molecular flexibility index (Phi) is 12.7. The van der Waals surface area contributed by atoms with Crippen LogP contribution in [0.4, 0.5) is 5.69 Å². The summed E-state index contributed by atoms with van der Waals surface area (Å²) in [5.41, 5.74) is 4.60. The molecule has 1 N–H and O–H groups in total. The molecule has 1 spiro atoms. The van der Waals surface area contributed by atoms with Gasteiger partial charge in [0, 0.05) is 42.7 Å². The maximum Gasteiger partial charge on any atom is 0.243 e. The zero-order valence-corrected chi connectivity index (χ0v) is 36.6. The Bertz CT molecular complexity index is 2180. The average molecular weight is 847 g/mol. The van der Waals surface area contributed by atoms with E-state index in [-0.39, 0.29) is 41.3 Å². The molecular formula is C46H56ClN3O6S2. The number of hydrogen-bond acceptors (Lipinski definition) is 7. The van der Waals surface area contributed by atoms with Crippen LogP contribution in [0.25, 0.3) is 0 Å². The highest BCUT2D eigenvalue weighted by Crippen LogP contribution is 2.47. The van der Waals surface area contributed by atoms with Crippen LogP contribution in [0.3, 0.4) is 0 Å². The summed E-state index contributed by atoms with van der Waals surface area (Å²) < 4.78 is 65.2. The fourth-order valence-corrected chi connectivity index (χ4v) is 11.2. The van der Waals surface area contributed by atoms with Gasteiger partial charge >= 0.3 is 0 Å². The highest BCUT2D eigenvalue weighted by Gasteiger charge is 2.45. The molecule has 4 aromatic carbocycles. The Morgan fingerprint density at radius 3 is 2.21 bits per heavy atom. The van der Waals surface area contributed by atoms with Gasteiger partial charge in [0.25, 0.3) is 0 Å². The van der Waals surface area contributed by atoms with Crippen LogP contribution in [0.15, 0.2) is 102 Å². The Morgan fingerprint density at radius 2 is 1.64 bits per heavy atom.